The Bertz CT molecular complexity index is 89.1. The minimum Gasteiger partial charge on any atom is -0.156 e. The summed E-state index contributed by atoms with van der Waals surface area (Å²) in [4.78, 5) is 0. The summed E-state index contributed by atoms with van der Waals surface area (Å²) in [6.07, 6.45) is 0. The van der Waals surface area contributed by atoms with Gasteiger partial charge in [0.2, 0.25) is 0 Å². The molecule has 0 saturated carbocycles. The van der Waals surface area contributed by atoms with Crippen molar-refractivity contribution in [2.75, 3.05) is 23.3 Å². The fourth-order valence-electron chi connectivity index (χ4n) is 0.732. The molecule has 0 aliphatic rings. The van der Waals surface area contributed by atoms with E-state index in [0.717, 1.165) is 23.3 Å². The van der Waals surface area contributed by atoms with Crippen LogP contribution in [0.15, 0.2) is 0 Å². The van der Waals surface area contributed by atoms with Crippen LogP contribution in [0, 0.1) is 0 Å². The lowest BCUT2D eigenvalue weighted by atomic mass is 10.4. The lowest BCUT2D eigenvalue weighted by molar-refractivity contribution is 0.927. The van der Waals surface area contributed by atoms with Crippen molar-refractivity contribution in [1.29, 1.82) is 0 Å². The zero-order valence-corrected chi connectivity index (χ0v) is 10.7. The van der Waals surface area contributed by atoms with Gasteiger partial charge in [-0.2, -0.15) is 23.5 Å². The van der Waals surface area contributed by atoms with Crippen LogP contribution in [0.1, 0.15) is 13.8 Å². The second-order valence-corrected chi connectivity index (χ2v) is 6.26. The van der Waals surface area contributed by atoms with Crippen LogP contribution in [-0.2, 0) is 0 Å². The molecule has 0 bridgehead atoms. The number of hydrogen-bond donors (Lipinski definition) is 0. The number of hydrogen-bond acceptors (Lipinski definition) is 2. The lowest BCUT2D eigenvalue weighted by Gasteiger charge is -2.17. The van der Waals surface area contributed by atoms with Crippen LogP contribution in [0.4, 0.5) is 0 Å². The van der Waals surface area contributed by atoms with Gasteiger partial charge in [-0.3, -0.25) is 0 Å². The maximum Gasteiger partial charge on any atom is 0.0314 e. The molecule has 0 aliphatic heterocycles. The van der Waals surface area contributed by atoms with Gasteiger partial charge in [-0.1, -0.05) is 13.8 Å². The summed E-state index contributed by atoms with van der Waals surface area (Å²) in [7, 11) is 0. The van der Waals surface area contributed by atoms with Crippen LogP contribution in [0.25, 0.3) is 0 Å². The van der Waals surface area contributed by atoms with Gasteiger partial charge in [0, 0.05) is 33.8 Å². The quantitative estimate of drug-likeness (QED) is 0.629. The van der Waals surface area contributed by atoms with Crippen LogP contribution >= 0.6 is 46.7 Å². The molecule has 2 atom stereocenters. The van der Waals surface area contributed by atoms with Gasteiger partial charge in [0.15, 0.2) is 0 Å². The van der Waals surface area contributed by atoms with Gasteiger partial charge in [0.1, 0.15) is 0 Å². The second kappa shape index (κ2) is 8.86. The first-order valence-electron chi connectivity index (χ1n) is 4.07. The van der Waals surface area contributed by atoms with Crippen LogP contribution in [0.3, 0.4) is 0 Å². The van der Waals surface area contributed by atoms with Crippen molar-refractivity contribution in [2.45, 2.75) is 24.3 Å². The van der Waals surface area contributed by atoms with E-state index in [1.54, 1.807) is 0 Å². The molecule has 0 aliphatic carbocycles. The zero-order valence-electron chi connectivity index (χ0n) is 7.56. The van der Waals surface area contributed by atoms with Crippen LogP contribution < -0.4 is 0 Å². The number of halogens is 2. The third-order valence-corrected chi connectivity index (χ3v) is 5.32. The minimum absolute atomic E-state index is 0.678. The van der Waals surface area contributed by atoms with E-state index in [1.165, 1.54) is 0 Å². The van der Waals surface area contributed by atoms with Gasteiger partial charge in [0.05, 0.1) is 0 Å². The van der Waals surface area contributed by atoms with E-state index in [2.05, 4.69) is 13.8 Å². The van der Waals surface area contributed by atoms with Gasteiger partial charge in [-0.25, -0.2) is 0 Å². The predicted octanol–water partition coefficient (Wildman–Crippen LogP) is 3.71. The summed E-state index contributed by atoms with van der Waals surface area (Å²) in [5, 5.41) is 1.36. The molecule has 0 radical (unpaired) electrons. The molecule has 0 N–H and O–H groups in total. The maximum absolute atomic E-state index is 5.61. The van der Waals surface area contributed by atoms with Crippen LogP contribution in [0.2, 0.25) is 0 Å². The Morgan fingerprint density at radius 3 is 1.50 bits per heavy atom. The normalized spacial score (nSPS) is 16.0. The molecule has 0 nitrogen and oxygen atoms in total. The molecular formula is C8H16Cl2S2. The maximum atomic E-state index is 5.61. The molecule has 0 aromatic rings. The SMILES string of the molecule is CC(SCCCl)C(C)SCCCl. The van der Waals surface area contributed by atoms with E-state index in [9.17, 15) is 0 Å². The largest absolute Gasteiger partial charge is 0.156 e. The molecule has 0 fully saturated rings. The first kappa shape index (κ1) is 13.3. The Kier molecular flexibility index (Phi) is 9.80. The van der Waals surface area contributed by atoms with Gasteiger partial charge < -0.3 is 0 Å². The molecule has 2 unspecified atom stereocenters. The summed E-state index contributed by atoms with van der Waals surface area (Å²) in [6, 6.07) is 0. The highest BCUT2D eigenvalue weighted by atomic mass is 35.5. The van der Waals surface area contributed by atoms with Crippen molar-refractivity contribution in [3.63, 3.8) is 0 Å². The molecule has 74 valence electrons. The highest BCUT2D eigenvalue weighted by Crippen LogP contribution is 2.24. The molecule has 0 aromatic heterocycles. The lowest BCUT2D eigenvalue weighted by Crippen LogP contribution is -2.14. The Hall–Kier alpha value is 1.28. The molecular weight excluding hydrogens is 231 g/mol. The number of thioether (sulfide) groups is 2. The van der Waals surface area contributed by atoms with Crippen LogP contribution in [0.5, 0.6) is 0 Å². The smallest absolute Gasteiger partial charge is 0.0314 e. The van der Waals surface area contributed by atoms with Gasteiger partial charge in [0.25, 0.3) is 0 Å². The average Bonchev–Trinajstić information content (AvgIpc) is 2.10. The first-order chi connectivity index (χ1) is 5.72. The van der Waals surface area contributed by atoms with Gasteiger partial charge in [-0.15, -0.1) is 23.2 Å². The van der Waals surface area contributed by atoms with E-state index in [0.29, 0.717) is 10.5 Å². The molecule has 12 heavy (non-hydrogen) atoms. The minimum atomic E-state index is 0.678. The van der Waals surface area contributed by atoms with Gasteiger partial charge >= 0.3 is 0 Å². The summed E-state index contributed by atoms with van der Waals surface area (Å²) in [6.45, 7) is 4.51. The van der Waals surface area contributed by atoms with Crippen molar-refractivity contribution >= 4 is 46.7 Å². The van der Waals surface area contributed by atoms with Crippen molar-refractivity contribution in [3.8, 4) is 0 Å². The average molecular weight is 247 g/mol. The monoisotopic (exact) mass is 246 g/mol. The topological polar surface area (TPSA) is 0 Å². The molecule has 0 rings (SSSR count). The third-order valence-electron chi connectivity index (χ3n) is 1.58. The predicted molar refractivity (Wildman–Crippen MR) is 65.3 cm³/mol. The molecule has 0 heterocycles. The van der Waals surface area contributed by atoms with E-state index < -0.39 is 0 Å². The van der Waals surface area contributed by atoms with Crippen molar-refractivity contribution in [1.82, 2.24) is 0 Å². The Labute approximate surface area is 94.1 Å². The Balaban J connectivity index is 3.39. The summed E-state index contributed by atoms with van der Waals surface area (Å²) < 4.78 is 0. The van der Waals surface area contributed by atoms with Crippen molar-refractivity contribution in [2.24, 2.45) is 0 Å². The van der Waals surface area contributed by atoms with Crippen molar-refractivity contribution < 1.29 is 0 Å². The van der Waals surface area contributed by atoms with E-state index in [-0.39, 0.29) is 0 Å². The van der Waals surface area contributed by atoms with Crippen LogP contribution in [-0.4, -0.2) is 33.8 Å². The first-order valence-corrected chi connectivity index (χ1v) is 7.24. The molecule has 0 saturated heterocycles. The molecule has 4 heteroatoms. The highest BCUT2D eigenvalue weighted by molar-refractivity contribution is 8.03. The zero-order chi connectivity index (χ0) is 9.40. The van der Waals surface area contributed by atoms with E-state index in [1.807, 2.05) is 23.5 Å². The Morgan fingerprint density at radius 2 is 1.25 bits per heavy atom. The molecule has 0 amide bonds. The molecule has 0 aromatic carbocycles. The summed E-state index contributed by atoms with van der Waals surface area (Å²) in [5.41, 5.74) is 0. The van der Waals surface area contributed by atoms with E-state index >= 15 is 0 Å². The van der Waals surface area contributed by atoms with Crippen molar-refractivity contribution in [3.05, 3.63) is 0 Å². The fraction of sp³-hybridized carbons (Fsp3) is 1.00. The molecule has 0 spiro atoms. The number of rotatable bonds is 7. The fourth-order valence-corrected chi connectivity index (χ4v) is 3.20. The van der Waals surface area contributed by atoms with Gasteiger partial charge in [-0.05, 0) is 0 Å². The number of alkyl halides is 2. The summed E-state index contributed by atoms with van der Waals surface area (Å²) >= 11 is 15.1. The Morgan fingerprint density at radius 1 is 0.917 bits per heavy atom. The third kappa shape index (κ3) is 6.76. The highest BCUT2D eigenvalue weighted by Gasteiger charge is 2.11. The van der Waals surface area contributed by atoms with E-state index in [4.69, 9.17) is 23.2 Å². The standard InChI is InChI=1S/C8H16Cl2S2/c1-7(11-5-3-9)8(2)12-6-4-10/h7-8H,3-6H2,1-2H3. The summed E-state index contributed by atoms with van der Waals surface area (Å²) in [5.74, 6) is 3.60. The second-order valence-electron chi connectivity index (χ2n) is 2.53.